The van der Waals surface area contributed by atoms with Gasteiger partial charge in [-0.25, -0.2) is 4.90 Å². The summed E-state index contributed by atoms with van der Waals surface area (Å²) in [6, 6.07) is 9.50. The van der Waals surface area contributed by atoms with Gasteiger partial charge in [0, 0.05) is 18.1 Å². The Balaban J connectivity index is 1.38. The third kappa shape index (κ3) is 5.58. The van der Waals surface area contributed by atoms with Gasteiger partial charge in [0.05, 0.1) is 45.8 Å². The fraction of sp³-hybridized carbons (Fsp3) is 0.438. The molecule has 0 unspecified atom stereocenters. The fourth-order valence-corrected chi connectivity index (χ4v) is 7.41. The van der Waals surface area contributed by atoms with Crippen molar-refractivity contribution < 1.29 is 29.1 Å². The number of methoxy groups -OCH3 is 1. The Kier molecular flexibility index (Phi) is 9.03. The zero-order valence-electron chi connectivity index (χ0n) is 24.0. The number of nitro benzene ring substituents is 1. The number of anilines is 1. The third-order valence-corrected chi connectivity index (χ3v) is 9.50. The summed E-state index contributed by atoms with van der Waals surface area (Å²) >= 11 is 2.10. The minimum absolute atomic E-state index is 0.129. The summed E-state index contributed by atoms with van der Waals surface area (Å²) in [5.41, 5.74) is 4.68. The Morgan fingerprint density at radius 3 is 2.67 bits per heavy atom. The molecule has 4 atom stereocenters. The van der Waals surface area contributed by atoms with Gasteiger partial charge in [0.1, 0.15) is 0 Å². The van der Waals surface area contributed by atoms with Crippen molar-refractivity contribution in [1.29, 1.82) is 0 Å². The topological polar surface area (TPSA) is 119 Å². The molecule has 1 aliphatic carbocycles. The average molecular weight is 687 g/mol. The molecule has 0 radical (unpaired) electrons. The lowest BCUT2D eigenvalue weighted by Crippen LogP contribution is -2.34. The first-order valence-electron chi connectivity index (χ1n) is 14.4. The summed E-state index contributed by atoms with van der Waals surface area (Å²) in [5, 5.41) is 21.6. The van der Waals surface area contributed by atoms with E-state index < -0.39 is 16.8 Å². The Morgan fingerprint density at radius 1 is 1.19 bits per heavy atom. The van der Waals surface area contributed by atoms with E-state index in [1.54, 1.807) is 13.2 Å². The van der Waals surface area contributed by atoms with Gasteiger partial charge in [-0.1, -0.05) is 43.6 Å². The van der Waals surface area contributed by atoms with Gasteiger partial charge >= 0.3 is 0 Å². The SMILES string of the molecule is CCC/C(=C\c1cc(I)c(O)c(OC)c1)CC[C@H]1OC[C@H]2C1=C(CC)C[C@H]1C(=O)N(c3cccc([N+](=O)[O-])c3)C(=O)[C@H]12. The number of non-ortho nitro benzene ring substituents is 1. The maximum Gasteiger partial charge on any atom is 0.271 e. The van der Waals surface area contributed by atoms with Crippen LogP contribution in [-0.2, 0) is 14.3 Å². The summed E-state index contributed by atoms with van der Waals surface area (Å²) in [5.74, 6) is -1.19. The Bertz CT molecular complexity index is 1480. The summed E-state index contributed by atoms with van der Waals surface area (Å²) in [7, 11) is 1.54. The van der Waals surface area contributed by atoms with Crippen LogP contribution in [0.1, 0.15) is 57.9 Å². The molecule has 2 aromatic rings. The number of nitro groups is 1. The van der Waals surface area contributed by atoms with Gasteiger partial charge in [-0.15, -0.1) is 0 Å². The largest absolute Gasteiger partial charge is 0.504 e. The van der Waals surface area contributed by atoms with Crippen molar-refractivity contribution in [3.63, 3.8) is 0 Å². The van der Waals surface area contributed by atoms with E-state index >= 15 is 0 Å². The highest BCUT2D eigenvalue weighted by Gasteiger charge is 2.57. The number of amides is 2. The predicted molar refractivity (Wildman–Crippen MR) is 167 cm³/mol. The quantitative estimate of drug-likeness (QED) is 0.0960. The van der Waals surface area contributed by atoms with Crippen molar-refractivity contribution in [2.24, 2.45) is 17.8 Å². The summed E-state index contributed by atoms with van der Waals surface area (Å²) in [4.78, 5) is 39.3. The zero-order chi connectivity index (χ0) is 30.1. The number of allylic oxidation sites excluding steroid dienone is 2. The molecule has 0 saturated carbocycles. The van der Waals surface area contributed by atoms with Crippen LogP contribution in [0.2, 0.25) is 0 Å². The number of halogens is 1. The molecule has 3 aliphatic rings. The number of nitrogens with zero attached hydrogens (tertiary/aromatic N) is 2. The molecule has 0 spiro atoms. The summed E-state index contributed by atoms with van der Waals surface area (Å²) in [6.07, 6.45) is 6.79. The molecule has 9 nitrogen and oxygen atoms in total. The number of aromatic hydroxyl groups is 1. The normalized spacial score (nSPS) is 23.8. The van der Waals surface area contributed by atoms with Crippen LogP contribution in [0.25, 0.3) is 6.08 Å². The second kappa shape index (κ2) is 12.5. The maximum absolute atomic E-state index is 13.8. The zero-order valence-corrected chi connectivity index (χ0v) is 26.1. The Hall–Kier alpha value is -3.25. The van der Waals surface area contributed by atoms with Crippen LogP contribution in [0.4, 0.5) is 11.4 Å². The molecule has 2 heterocycles. The van der Waals surface area contributed by atoms with Gasteiger partial charge < -0.3 is 14.6 Å². The van der Waals surface area contributed by atoms with Crippen molar-refractivity contribution in [3.05, 3.63) is 72.4 Å². The molecule has 222 valence electrons. The van der Waals surface area contributed by atoms with E-state index in [9.17, 15) is 24.8 Å². The lowest BCUT2D eigenvalue weighted by atomic mass is 9.69. The van der Waals surface area contributed by atoms with E-state index in [-0.39, 0.29) is 41.0 Å². The fourth-order valence-electron chi connectivity index (χ4n) is 6.79. The smallest absolute Gasteiger partial charge is 0.271 e. The third-order valence-electron chi connectivity index (χ3n) is 8.67. The van der Waals surface area contributed by atoms with Crippen LogP contribution in [0.3, 0.4) is 0 Å². The van der Waals surface area contributed by atoms with Crippen LogP contribution < -0.4 is 9.64 Å². The standard InChI is InChI=1S/C32H35IN2O7/c1-4-7-18(12-19-13-25(33)30(36)27(14-19)41-3)10-11-26-28-20(5-2)15-23-29(24(28)17-42-26)32(38)34(31(23)37)21-8-6-9-22(16-21)35(39)40/h6,8-9,12-14,16,23-24,26,29,36H,4-5,7,10-11,15,17H2,1-3H3/b18-12+/t23-,24+,26-,29-/m1/s1. The number of phenols is 1. The lowest BCUT2D eigenvalue weighted by Gasteiger charge is -2.31. The van der Waals surface area contributed by atoms with Crippen molar-refractivity contribution in [2.75, 3.05) is 18.6 Å². The molecule has 1 N–H and O–H groups in total. The second-order valence-electron chi connectivity index (χ2n) is 11.1. The van der Waals surface area contributed by atoms with Crippen molar-refractivity contribution in [2.45, 2.75) is 58.5 Å². The molecule has 2 aromatic carbocycles. The van der Waals surface area contributed by atoms with Crippen LogP contribution >= 0.6 is 22.6 Å². The number of imide groups is 1. The molecule has 10 heteroatoms. The molecule has 0 aromatic heterocycles. The number of carbonyl (C=O) groups excluding carboxylic acids is 2. The van der Waals surface area contributed by atoms with Crippen molar-refractivity contribution in [1.82, 2.24) is 0 Å². The van der Waals surface area contributed by atoms with Gasteiger partial charge in [0.2, 0.25) is 11.8 Å². The Morgan fingerprint density at radius 2 is 1.98 bits per heavy atom. The van der Waals surface area contributed by atoms with E-state index in [2.05, 4.69) is 42.5 Å². The number of hydrogen-bond acceptors (Lipinski definition) is 7. The first kappa shape index (κ1) is 30.2. The molecule has 5 rings (SSSR count). The van der Waals surface area contributed by atoms with Gasteiger partial charge in [0.15, 0.2) is 11.5 Å². The van der Waals surface area contributed by atoms with E-state index in [1.807, 2.05) is 12.1 Å². The lowest BCUT2D eigenvalue weighted by molar-refractivity contribution is -0.384. The molecular formula is C32H35IN2O7. The molecule has 2 amide bonds. The first-order chi connectivity index (χ1) is 20.2. The number of phenolic OH excluding ortho intramolecular Hbond substituents is 1. The van der Waals surface area contributed by atoms with Crippen LogP contribution in [0.5, 0.6) is 11.5 Å². The molecular weight excluding hydrogens is 651 g/mol. The van der Waals surface area contributed by atoms with Crippen LogP contribution in [0, 0.1) is 31.4 Å². The van der Waals surface area contributed by atoms with E-state index in [4.69, 9.17) is 9.47 Å². The summed E-state index contributed by atoms with van der Waals surface area (Å²) in [6.45, 7) is 4.61. The molecule has 2 aliphatic heterocycles. The van der Waals surface area contributed by atoms with Gasteiger partial charge in [-0.3, -0.25) is 19.7 Å². The van der Waals surface area contributed by atoms with Crippen molar-refractivity contribution in [3.8, 4) is 11.5 Å². The van der Waals surface area contributed by atoms with Crippen molar-refractivity contribution >= 4 is 51.9 Å². The highest BCUT2D eigenvalue weighted by atomic mass is 127. The van der Waals surface area contributed by atoms with Gasteiger partial charge in [-0.2, -0.15) is 0 Å². The second-order valence-corrected chi connectivity index (χ2v) is 12.3. The molecule has 42 heavy (non-hydrogen) atoms. The Labute approximate surface area is 258 Å². The monoisotopic (exact) mass is 686 g/mol. The van der Waals surface area contributed by atoms with E-state index in [0.717, 1.165) is 51.7 Å². The summed E-state index contributed by atoms with van der Waals surface area (Å²) < 4.78 is 12.4. The predicted octanol–water partition coefficient (Wildman–Crippen LogP) is 6.81. The van der Waals surface area contributed by atoms with Crippen LogP contribution in [0.15, 0.2) is 53.1 Å². The minimum Gasteiger partial charge on any atom is -0.504 e. The maximum atomic E-state index is 13.8. The van der Waals surface area contributed by atoms with Gasteiger partial charge in [-0.05, 0) is 84.0 Å². The highest BCUT2D eigenvalue weighted by Crippen LogP contribution is 2.51. The first-order valence-corrected chi connectivity index (χ1v) is 15.5. The number of benzene rings is 2. The number of ether oxygens (including phenoxy) is 2. The highest BCUT2D eigenvalue weighted by molar-refractivity contribution is 14.1. The molecule has 2 fully saturated rings. The number of rotatable bonds is 10. The average Bonchev–Trinajstić information content (AvgIpc) is 3.51. The number of carbonyl (C=O) groups is 2. The minimum atomic E-state index is -0.524. The van der Waals surface area contributed by atoms with E-state index in [0.29, 0.717) is 18.8 Å². The number of fused-ring (bicyclic) bond motifs is 3. The van der Waals surface area contributed by atoms with E-state index in [1.165, 1.54) is 29.3 Å². The number of hydrogen-bond donors (Lipinski definition) is 1. The van der Waals surface area contributed by atoms with Crippen LogP contribution in [-0.4, -0.2) is 41.7 Å². The molecule has 2 saturated heterocycles. The molecule has 0 bridgehead atoms. The van der Waals surface area contributed by atoms with Gasteiger partial charge in [0.25, 0.3) is 5.69 Å².